The fourth-order valence-corrected chi connectivity index (χ4v) is 2.60. The second kappa shape index (κ2) is 8.79. The number of hydrogen-bond donors (Lipinski definition) is 3. The Bertz CT molecular complexity index is 316. The summed E-state index contributed by atoms with van der Waals surface area (Å²) in [5, 5.41) is 20.7. The maximum atomic E-state index is 12.1. The van der Waals surface area contributed by atoms with Crippen LogP contribution in [-0.2, 0) is 4.79 Å². The first-order valence-corrected chi connectivity index (χ1v) is 7.44. The molecule has 1 fully saturated rings. The summed E-state index contributed by atoms with van der Waals surface area (Å²) in [6.07, 6.45) is 5.48. The van der Waals surface area contributed by atoms with Crippen LogP contribution in [0.2, 0.25) is 0 Å². The van der Waals surface area contributed by atoms with Gasteiger partial charge in [0, 0.05) is 19.1 Å². The average Bonchev–Trinajstić information content (AvgIpc) is 2.93. The monoisotopic (exact) mass is 286 g/mol. The molecule has 1 atom stereocenters. The lowest BCUT2D eigenvalue weighted by molar-refractivity contribution is -0.141. The van der Waals surface area contributed by atoms with E-state index in [1.807, 2.05) is 0 Å². The van der Waals surface area contributed by atoms with E-state index in [4.69, 9.17) is 10.2 Å². The van der Waals surface area contributed by atoms with Gasteiger partial charge in [-0.1, -0.05) is 19.8 Å². The summed E-state index contributed by atoms with van der Waals surface area (Å²) in [7, 11) is 0. The van der Waals surface area contributed by atoms with Gasteiger partial charge >= 0.3 is 12.0 Å². The Kier molecular flexibility index (Phi) is 7.36. The zero-order valence-corrected chi connectivity index (χ0v) is 12.2. The van der Waals surface area contributed by atoms with Crippen LogP contribution in [-0.4, -0.2) is 52.9 Å². The van der Waals surface area contributed by atoms with Gasteiger partial charge in [-0.15, -0.1) is 0 Å². The lowest BCUT2D eigenvalue weighted by atomic mass is 10.1. The fourth-order valence-electron chi connectivity index (χ4n) is 2.60. The number of aliphatic hydroxyl groups excluding tert-OH is 1. The number of amides is 2. The van der Waals surface area contributed by atoms with Gasteiger partial charge in [-0.25, -0.2) is 4.79 Å². The van der Waals surface area contributed by atoms with E-state index in [-0.39, 0.29) is 24.6 Å². The van der Waals surface area contributed by atoms with E-state index in [0.717, 1.165) is 25.7 Å². The van der Waals surface area contributed by atoms with E-state index in [9.17, 15) is 9.59 Å². The van der Waals surface area contributed by atoms with Crippen molar-refractivity contribution >= 4 is 12.0 Å². The molecule has 2 amide bonds. The molecule has 1 rings (SSSR count). The van der Waals surface area contributed by atoms with Crippen molar-refractivity contribution in [2.24, 2.45) is 5.92 Å². The van der Waals surface area contributed by atoms with E-state index in [1.54, 1.807) is 11.8 Å². The molecule has 1 aliphatic rings. The third-order valence-electron chi connectivity index (χ3n) is 3.88. The van der Waals surface area contributed by atoms with Crippen molar-refractivity contribution in [1.29, 1.82) is 0 Å². The molecular formula is C14H26N2O4. The number of nitrogens with one attached hydrogen (secondary N) is 1. The van der Waals surface area contributed by atoms with Gasteiger partial charge in [0.1, 0.15) is 0 Å². The predicted octanol–water partition coefficient (Wildman–Crippen LogP) is 1.43. The topological polar surface area (TPSA) is 89.9 Å². The summed E-state index contributed by atoms with van der Waals surface area (Å²) in [5.41, 5.74) is 0. The van der Waals surface area contributed by atoms with Gasteiger partial charge in [0.15, 0.2) is 0 Å². The molecule has 0 heterocycles. The van der Waals surface area contributed by atoms with Crippen LogP contribution in [0.25, 0.3) is 0 Å². The normalized spacial score (nSPS) is 16.9. The third-order valence-corrected chi connectivity index (χ3v) is 3.88. The molecule has 6 nitrogen and oxygen atoms in total. The zero-order valence-electron chi connectivity index (χ0n) is 12.2. The number of nitrogens with zero attached hydrogens (tertiary/aromatic N) is 1. The molecule has 1 unspecified atom stereocenters. The number of carbonyl (C=O) groups is 2. The second-order valence-corrected chi connectivity index (χ2v) is 5.47. The minimum atomic E-state index is -0.802. The van der Waals surface area contributed by atoms with Crippen LogP contribution in [0.1, 0.15) is 45.4 Å². The standard InChI is InChI=1S/C14H26N2O4/c1-11(13(18)19)5-4-8-15-14(20)16(9-10-17)12-6-2-3-7-12/h11-12,17H,2-10H2,1H3,(H,15,20)(H,18,19). The highest BCUT2D eigenvalue weighted by molar-refractivity contribution is 5.74. The molecule has 116 valence electrons. The van der Waals surface area contributed by atoms with Crippen molar-refractivity contribution in [3.05, 3.63) is 0 Å². The quantitative estimate of drug-likeness (QED) is 0.589. The first-order chi connectivity index (χ1) is 9.56. The van der Waals surface area contributed by atoms with E-state index in [1.165, 1.54) is 0 Å². The van der Waals surface area contributed by atoms with Gasteiger partial charge in [-0.2, -0.15) is 0 Å². The van der Waals surface area contributed by atoms with Gasteiger partial charge in [-0.3, -0.25) is 4.79 Å². The molecule has 0 aromatic carbocycles. The summed E-state index contributed by atoms with van der Waals surface area (Å²) >= 11 is 0. The Labute approximate surface area is 120 Å². The molecule has 0 spiro atoms. The van der Waals surface area contributed by atoms with E-state index >= 15 is 0 Å². The van der Waals surface area contributed by atoms with Crippen LogP contribution in [0.4, 0.5) is 4.79 Å². The molecule has 0 bridgehead atoms. The molecule has 1 saturated carbocycles. The van der Waals surface area contributed by atoms with Gasteiger partial charge in [0.25, 0.3) is 0 Å². The fraction of sp³-hybridized carbons (Fsp3) is 0.857. The van der Waals surface area contributed by atoms with E-state index in [0.29, 0.717) is 25.9 Å². The Morgan fingerprint density at radius 2 is 2.00 bits per heavy atom. The number of carboxylic acid groups (broad SMARTS) is 1. The van der Waals surface area contributed by atoms with Gasteiger partial charge in [0.05, 0.1) is 12.5 Å². The van der Waals surface area contributed by atoms with Gasteiger partial charge in [-0.05, 0) is 25.7 Å². The summed E-state index contributed by atoms with van der Waals surface area (Å²) in [5.74, 6) is -1.18. The van der Waals surface area contributed by atoms with Crippen molar-refractivity contribution < 1.29 is 19.8 Å². The van der Waals surface area contributed by atoms with Crippen LogP contribution in [0, 0.1) is 5.92 Å². The molecule has 0 aromatic heterocycles. The molecule has 3 N–H and O–H groups in total. The first-order valence-electron chi connectivity index (χ1n) is 7.44. The van der Waals surface area contributed by atoms with Crippen molar-refractivity contribution in [1.82, 2.24) is 10.2 Å². The highest BCUT2D eigenvalue weighted by Gasteiger charge is 2.25. The highest BCUT2D eigenvalue weighted by atomic mass is 16.4. The number of hydrogen-bond acceptors (Lipinski definition) is 3. The number of aliphatic hydroxyl groups is 1. The average molecular weight is 286 g/mol. The molecule has 0 aliphatic heterocycles. The molecule has 0 radical (unpaired) electrons. The third kappa shape index (κ3) is 5.36. The lowest BCUT2D eigenvalue weighted by Gasteiger charge is -2.28. The Balaban J connectivity index is 2.29. The predicted molar refractivity (Wildman–Crippen MR) is 75.5 cm³/mol. The summed E-state index contributed by atoms with van der Waals surface area (Å²) < 4.78 is 0. The van der Waals surface area contributed by atoms with E-state index < -0.39 is 5.97 Å². The molecule has 0 aromatic rings. The first kappa shape index (κ1) is 16.8. The molecule has 1 aliphatic carbocycles. The molecule has 20 heavy (non-hydrogen) atoms. The van der Waals surface area contributed by atoms with E-state index in [2.05, 4.69) is 5.32 Å². The van der Waals surface area contributed by atoms with Crippen LogP contribution in [0.5, 0.6) is 0 Å². The Morgan fingerprint density at radius 3 is 2.55 bits per heavy atom. The van der Waals surface area contributed by atoms with Gasteiger partial charge < -0.3 is 20.4 Å². The molecule has 6 heteroatoms. The molecular weight excluding hydrogens is 260 g/mol. The molecule has 0 saturated heterocycles. The summed E-state index contributed by atoms with van der Waals surface area (Å²) in [4.78, 5) is 24.5. The van der Waals surface area contributed by atoms with Gasteiger partial charge in [0.2, 0.25) is 0 Å². The number of aliphatic carboxylic acids is 1. The minimum absolute atomic E-state index is 0.0278. The van der Waals surface area contributed by atoms with Crippen LogP contribution < -0.4 is 5.32 Å². The van der Waals surface area contributed by atoms with Crippen molar-refractivity contribution in [2.75, 3.05) is 19.7 Å². The number of urea groups is 1. The van der Waals surface area contributed by atoms with Crippen LogP contribution in [0.15, 0.2) is 0 Å². The SMILES string of the molecule is CC(CCCNC(=O)N(CCO)C1CCCC1)C(=O)O. The number of carbonyl (C=O) groups excluding carboxylic acids is 1. The Hall–Kier alpha value is -1.30. The summed E-state index contributed by atoms with van der Waals surface area (Å²) in [6.45, 7) is 2.48. The smallest absolute Gasteiger partial charge is 0.317 e. The van der Waals surface area contributed by atoms with Crippen molar-refractivity contribution in [2.45, 2.75) is 51.5 Å². The highest BCUT2D eigenvalue weighted by Crippen LogP contribution is 2.23. The maximum Gasteiger partial charge on any atom is 0.317 e. The van der Waals surface area contributed by atoms with Crippen molar-refractivity contribution in [3.8, 4) is 0 Å². The van der Waals surface area contributed by atoms with Crippen LogP contribution >= 0.6 is 0 Å². The zero-order chi connectivity index (χ0) is 15.0. The lowest BCUT2D eigenvalue weighted by Crippen LogP contribution is -2.46. The Morgan fingerprint density at radius 1 is 1.35 bits per heavy atom. The second-order valence-electron chi connectivity index (χ2n) is 5.47. The van der Waals surface area contributed by atoms with Crippen molar-refractivity contribution in [3.63, 3.8) is 0 Å². The number of carboxylic acids is 1. The summed E-state index contributed by atoms with van der Waals surface area (Å²) in [6, 6.07) is 0.0917. The minimum Gasteiger partial charge on any atom is -0.481 e. The largest absolute Gasteiger partial charge is 0.481 e. The number of rotatable bonds is 8. The maximum absolute atomic E-state index is 12.1. The van der Waals surface area contributed by atoms with Crippen LogP contribution in [0.3, 0.4) is 0 Å².